The minimum Gasteiger partial charge on any atom is -0.355 e. The molecule has 0 spiro atoms. The number of hydrogen-bond donors (Lipinski definition) is 2. The first kappa shape index (κ1) is 14.5. The van der Waals surface area contributed by atoms with E-state index in [4.69, 9.17) is 0 Å². The second-order valence-corrected chi connectivity index (χ2v) is 5.10. The van der Waals surface area contributed by atoms with Crippen molar-refractivity contribution in [2.45, 2.75) is 25.8 Å². The van der Waals surface area contributed by atoms with Gasteiger partial charge in [-0.3, -0.25) is 14.9 Å². The van der Waals surface area contributed by atoms with E-state index in [1.54, 1.807) is 12.1 Å². The Morgan fingerprint density at radius 2 is 2.15 bits per heavy atom. The molecule has 1 saturated heterocycles. The Morgan fingerprint density at radius 3 is 2.70 bits per heavy atom. The molecule has 1 fully saturated rings. The number of rotatable bonds is 5. The summed E-state index contributed by atoms with van der Waals surface area (Å²) in [7, 11) is 0. The molecule has 1 aromatic rings. The fourth-order valence-electron chi connectivity index (χ4n) is 2.46. The summed E-state index contributed by atoms with van der Waals surface area (Å²) in [6, 6.07) is 6.66. The van der Waals surface area contributed by atoms with E-state index < -0.39 is 4.92 Å². The van der Waals surface area contributed by atoms with Crippen LogP contribution in [-0.4, -0.2) is 30.0 Å². The number of carbonyl (C=O) groups is 1. The summed E-state index contributed by atoms with van der Waals surface area (Å²) in [5.74, 6) is 0.135. The van der Waals surface area contributed by atoms with Gasteiger partial charge in [-0.1, -0.05) is 12.1 Å². The maximum absolute atomic E-state index is 11.9. The molecule has 0 aliphatic carbocycles. The molecule has 1 aromatic carbocycles. The van der Waals surface area contributed by atoms with Gasteiger partial charge < -0.3 is 10.6 Å². The third kappa shape index (κ3) is 3.54. The first-order valence-electron chi connectivity index (χ1n) is 6.82. The fraction of sp³-hybridized carbons (Fsp3) is 0.500. The van der Waals surface area contributed by atoms with Crippen LogP contribution in [0.4, 0.5) is 5.69 Å². The van der Waals surface area contributed by atoms with E-state index in [2.05, 4.69) is 10.6 Å². The molecule has 1 heterocycles. The van der Waals surface area contributed by atoms with Gasteiger partial charge in [0.05, 0.1) is 10.8 Å². The molecule has 2 atom stereocenters. The highest BCUT2D eigenvalue weighted by Gasteiger charge is 2.28. The molecule has 20 heavy (non-hydrogen) atoms. The molecule has 2 unspecified atom stereocenters. The standard InChI is InChI=1S/C14H19N3O3/c1-10-13(7-9-15-10)14(18)16-8-6-11-2-4-12(5-3-11)17(19)20/h2-5,10,13,15H,6-9H2,1H3,(H,16,18). The lowest BCUT2D eigenvalue weighted by Crippen LogP contribution is -2.37. The van der Waals surface area contributed by atoms with Crippen LogP contribution in [0.25, 0.3) is 0 Å². The Hall–Kier alpha value is -1.95. The molecule has 6 heteroatoms. The number of carbonyl (C=O) groups excluding carboxylic acids is 1. The largest absolute Gasteiger partial charge is 0.355 e. The minimum absolute atomic E-state index is 0.0480. The maximum atomic E-state index is 11.9. The Morgan fingerprint density at radius 1 is 1.45 bits per heavy atom. The van der Waals surface area contributed by atoms with E-state index in [-0.39, 0.29) is 23.6 Å². The van der Waals surface area contributed by atoms with Crippen molar-refractivity contribution in [2.24, 2.45) is 5.92 Å². The van der Waals surface area contributed by atoms with Gasteiger partial charge in [-0.15, -0.1) is 0 Å². The van der Waals surface area contributed by atoms with Crippen molar-refractivity contribution in [3.05, 3.63) is 39.9 Å². The summed E-state index contributed by atoms with van der Waals surface area (Å²) in [6.45, 7) is 3.47. The Bertz CT molecular complexity index is 487. The highest BCUT2D eigenvalue weighted by Crippen LogP contribution is 2.15. The zero-order valence-corrected chi connectivity index (χ0v) is 11.5. The second kappa shape index (κ2) is 6.47. The van der Waals surface area contributed by atoms with Gasteiger partial charge in [0, 0.05) is 24.7 Å². The van der Waals surface area contributed by atoms with Crippen LogP contribution in [0.1, 0.15) is 18.9 Å². The van der Waals surface area contributed by atoms with E-state index in [0.29, 0.717) is 13.0 Å². The van der Waals surface area contributed by atoms with E-state index >= 15 is 0 Å². The van der Waals surface area contributed by atoms with Gasteiger partial charge in [-0.25, -0.2) is 0 Å². The minimum atomic E-state index is -0.417. The van der Waals surface area contributed by atoms with Crippen molar-refractivity contribution >= 4 is 11.6 Å². The van der Waals surface area contributed by atoms with Crippen LogP contribution in [0.15, 0.2) is 24.3 Å². The zero-order chi connectivity index (χ0) is 14.5. The summed E-state index contributed by atoms with van der Waals surface area (Å²) in [5, 5.41) is 16.7. The number of nitro benzene ring substituents is 1. The second-order valence-electron chi connectivity index (χ2n) is 5.10. The Kier molecular flexibility index (Phi) is 4.68. The smallest absolute Gasteiger partial charge is 0.269 e. The van der Waals surface area contributed by atoms with Gasteiger partial charge in [-0.2, -0.15) is 0 Å². The Labute approximate surface area is 117 Å². The topological polar surface area (TPSA) is 84.3 Å². The van der Waals surface area contributed by atoms with Gasteiger partial charge in [0.25, 0.3) is 5.69 Å². The van der Waals surface area contributed by atoms with Gasteiger partial charge in [0.2, 0.25) is 5.91 Å². The van der Waals surface area contributed by atoms with Crippen LogP contribution >= 0.6 is 0 Å². The molecule has 0 aromatic heterocycles. The molecule has 0 bridgehead atoms. The van der Waals surface area contributed by atoms with Crippen LogP contribution in [0, 0.1) is 16.0 Å². The number of benzene rings is 1. The number of nitrogens with zero attached hydrogens (tertiary/aromatic N) is 1. The molecule has 2 rings (SSSR count). The normalized spacial score (nSPS) is 21.6. The van der Waals surface area contributed by atoms with Crippen molar-refractivity contribution < 1.29 is 9.72 Å². The van der Waals surface area contributed by atoms with E-state index in [1.807, 2.05) is 6.92 Å². The molecule has 2 N–H and O–H groups in total. The van der Waals surface area contributed by atoms with Crippen LogP contribution < -0.4 is 10.6 Å². The van der Waals surface area contributed by atoms with E-state index in [1.165, 1.54) is 12.1 Å². The van der Waals surface area contributed by atoms with Crippen LogP contribution in [-0.2, 0) is 11.2 Å². The molecular formula is C14H19N3O3. The lowest BCUT2D eigenvalue weighted by molar-refractivity contribution is -0.384. The van der Waals surface area contributed by atoms with Crippen LogP contribution in [0.5, 0.6) is 0 Å². The highest BCUT2D eigenvalue weighted by molar-refractivity contribution is 5.79. The van der Waals surface area contributed by atoms with Crippen molar-refractivity contribution in [3.8, 4) is 0 Å². The molecule has 6 nitrogen and oxygen atoms in total. The van der Waals surface area contributed by atoms with Crippen LogP contribution in [0.3, 0.4) is 0 Å². The van der Waals surface area contributed by atoms with Crippen molar-refractivity contribution in [3.63, 3.8) is 0 Å². The monoisotopic (exact) mass is 277 g/mol. The van der Waals surface area contributed by atoms with Crippen molar-refractivity contribution in [2.75, 3.05) is 13.1 Å². The molecular weight excluding hydrogens is 258 g/mol. The third-order valence-electron chi connectivity index (χ3n) is 3.72. The van der Waals surface area contributed by atoms with Crippen molar-refractivity contribution in [1.82, 2.24) is 10.6 Å². The summed E-state index contributed by atoms with van der Waals surface area (Å²) in [4.78, 5) is 22.1. The number of nitrogens with one attached hydrogen (secondary N) is 2. The third-order valence-corrected chi connectivity index (χ3v) is 3.72. The molecule has 108 valence electrons. The van der Waals surface area contributed by atoms with Gasteiger partial charge in [-0.05, 0) is 31.9 Å². The van der Waals surface area contributed by atoms with E-state index in [9.17, 15) is 14.9 Å². The average Bonchev–Trinajstić information content (AvgIpc) is 2.85. The van der Waals surface area contributed by atoms with E-state index in [0.717, 1.165) is 18.5 Å². The molecule has 1 aliphatic heterocycles. The first-order chi connectivity index (χ1) is 9.58. The molecule has 0 radical (unpaired) electrons. The summed E-state index contributed by atoms with van der Waals surface area (Å²) in [6.07, 6.45) is 1.56. The molecule has 1 aliphatic rings. The fourth-order valence-corrected chi connectivity index (χ4v) is 2.46. The molecule has 0 saturated carbocycles. The maximum Gasteiger partial charge on any atom is 0.269 e. The predicted octanol–water partition coefficient (Wildman–Crippen LogP) is 1.25. The number of nitro groups is 1. The average molecular weight is 277 g/mol. The lowest BCUT2D eigenvalue weighted by Gasteiger charge is -2.14. The number of amides is 1. The van der Waals surface area contributed by atoms with Gasteiger partial charge in [0.15, 0.2) is 0 Å². The van der Waals surface area contributed by atoms with Crippen LogP contribution in [0.2, 0.25) is 0 Å². The van der Waals surface area contributed by atoms with Gasteiger partial charge >= 0.3 is 0 Å². The number of hydrogen-bond acceptors (Lipinski definition) is 4. The lowest BCUT2D eigenvalue weighted by atomic mass is 10.0. The SMILES string of the molecule is CC1NCCC1C(=O)NCCc1ccc([N+](=O)[O-])cc1. The van der Waals surface area contributed by atoms with Crippen molar-refractivity contribution in [1.29, 1.82) is 0 Å². The zero-order valence-electron chi connectivity index (χ0n) is 11.5. The first-order valence-corrected chi connectivity index (χ1v) is 6.82. The molecule has 1 amide bonds. The highest BCUT2D eigenvalue weighted by atomic mass is 16.6. The Balaban J connectivity index is 1.78. The van der Waals surface area contributed by atoms with Gasteiger partial charge in [0.1, 0.15) is 0 Å². The predicted molar refractivity (Wildman–Crippen MR) is 75.4 cm³/mol. The summed E-state index contributed by atoms with van der Waals surface area (Å²) in [5.41, 5.74) is 1.07. The quantitative estimate of drug-likeness (QED) is 0.626. The summed E-state index contributed by atoms with van der Waals surface area (Å²) < 4.78 is 0. The summed E-state index contributed by atoms with van der Waals surface area (Å²) >= 11 is 0. The number of non-ortho nitro benzene ring substituents is 1.